The fraction of sp³-hybridized carbons (Fsp3) is 0.433. The monoisotopic (exact) mass is 594 g/mol. The summed E-state index contributed by atoms with van der Waals surface area (Å²) in [7, 11) is 0. The molecule has 3 rings (SSSR count). The maximum atomic E-state index is 12.7. The smallest absolute Gasteiger partial charge is 0.407 e. The molecule has 0 aromatic heterocycles. The number of ether oxygens (including phenoxy) is 1. The van der Waals surface area contributed by atoms with E-state index < -0.39 is 23.1 Å². The summed E-state index contributed by atoms with van der Waals surface area (Å²) in [5.74, 6) is -0.890. The van der Waals surface area contributed by atoms with E-state index in [1.807, 2.05) is 50.2 Å². The molecule has 2 aromatic carbocycles. The van der Waals surface area contributed by atoms with E-state index in [-0.39, 0.29) is 50.3 Å². The van der Waals surface area contributed by atoms with Gasteiger partial charge in [0.15, 0.2) is 5.03 Å². The lowest BCUT2D eigenvalue weighted by molar-refractivity contribution is -0.525. The molecule has 2 aromatic rings. The van der Waals surface area contributed by atoms with Gasteiger partial charge in [0.25, 0.3) is 5.96 Å². The van der Waals surface area contributed by atoms with Gasteiger partial charge in [0.1, 0.15) is 12.6 Å². The van der Waals surface area contributed by atoms with Crippen LogP contribution < -0.4 is 26.7 Å². The van der Waals surface area contributed by atoms with Gasteiger partial charge < -0.3 is 26.0 Å². The standard InChI is InChI=1S/C30H40N7O6/c1-20(2)15-18-32-28(39)26(13-7-16-33-29(31)36-37(41)42)35-27(38)14-8-17-34-30(40)43-19-25-23-11-5-3-9-21(23)22-10-4-6-12-24(22)25/h3-6,9-12,18,20,25-26H,7-8,13-17,19H2,1-2H3,(H,32,39)(H,34,40)(H,35,38)(H3,31,33,36)/t26-/m0/s1. The topological polar surface area (TPSA) is 188 Å². The first-order valence-corrected chi connectivity index (χ1v) is 14.4. The van der Waals surface area contributed by atoms with Gasteiger partial charge in [-0.3, -0.25) is 15.0 Å². The zero-order valence-electron chi connectivity index (χ0n) is 24.5. The Morgan fingerprint density at radius 2 is 1.63 bits per heavy atom. The molecule has 0 bridgehead atoms. The van der Waals surface area contributed by atoms with Gasteiger partial charge in [-0.15, -0.1) is 0 Å². The van der Waals surface area contributed by atoms with E-state index in [0.717, 1.165) is 22.3 Å². The third kappa shape index (κ3) is 10.6. The van der Waals surface area contributed by atoms with E-state index in [1.54, 1.807) is 12.0 Å². The summed E-state index contributed by atoms with van der Waals surface area (Å²) in [5, 5.41) is 27.6. The first-order valence-electron chi connectivity index (χ1n) is 14.4. The minimum Gasteiger partial charge on any atom is -0.449 e. The summed E-state index contributed by atoms with van der Waals surface area (Å²) in [6, 6.07) is 15.3. The molecular formula is C30H40N7O6. The number of rotatable bonds is 16. The number of alkyl carbamates (subject to hydrolysis) is 1. The fourth-order valence-electron chi connectivity index (χ4n) is 4.77. The third-order valence-electron chi connectivity index (χ3n) is 6.85. The number of benzene rings is 2. The van der Waals surface area contributed by atoms with Gasteiger partial charge in [0.2, 0.25) is 11.8 Å². The molecule has 1 radical (unpaired) electrons. The molecular weight excluding hydrogens is 554 g/mol. The van der Waals surface area contributed by atoms with Crippen molar-refractivity contribution >= 4 is 23.9 Å². The van der Waals surface area contributed by atoms with Crippen molar-refractivity contribution in [3.8, 4) is 11.1 Å². The number of amides is 3. The molecule has 231 valence electrons. The van der Waals surface area contributed by atoms with Gasteiger partial charge in [-0.25, -0.2) is 14.9 Å². The summed E-state index contributed by atoms with van der Waals surface area (Å²) >= 11 is 0. The molecule has 1 aliphatic rings. The first kappa shape index (κ1) is 32.8. The van der Waals surface area contributed by atoms with Crippen LogP contribution in [0.25, 0.3) is 11.1 Å². The molecule has 0 aliphatic heterocycles. The van der Waals surface area contributed by atoms with Crippen LogP contribution in [0, 0.1) is 28.0 Å². The Kier molecular flexibility index (Phi) is 12.7. The van der Waals surface area contributed by atoms with Crippen LogP contribution in [0.4, 0.5) is 4.79 Å². The quantitative estimate of drug-likeness (QED) is 0.0562. The van der Waals surface area contributed by atoms with Crippen molar-refractivity contribution in [2.24, 2.45) is 5.92 Å². The number of carbonyl (C=O) groups excluding carboxylic acids is 3. The van der Waals surface area contributed by atoms with Gasteiger partial charge >= 0.3 is 6.09 Å². The minimum atomic E-state index is -0.848. The van der Waals surface area contributed by atoms with E-state index in [9.17, 15) is 24.5 Å². The van der Waals surface area contributed by atoms with E-state index in [4.69, 9.17) is 10.1 Å². The number of nitrogens with zero attached hydrogens (tertiary/aromatic N) is 1. The van der Waals surface area contributed by atoms with Gasteiger partial charge in [-0.05, 0) is 53.9 Å². The summed E-state index contributed by atoms with van der Waals surface area (Å²) < 4.78 is 5.52. The molecule has 0 spiro atoms. The second kappa shape index (κ2) is 16.7. The zero-order valence-corrected chi connectivity index (χ0v) is 24.5. The average molecular weight is 595 g/mol. The Labute approximate surface area is 251 Å². The molecule has 13 nitrogen and oxygen atoms in total. The Balaban J connectivity index is 1.40. The van der Waals surface area contributed by atoms with Crippen LogP contribution in [0.2, 0.25) is 0 Å². The number of hydrogen-bond donors (Lipinski definition) is 6. The van der Waals surface area contributed by atoms with Gasteiger partial charge in [-0.2, -0.15) is 0 Å². The predicted molar refractivity (Wildman–Crippen MR) is 161 cm³/mol. The molecule has 0 unspecified atom stereocenters. The molecule has 6 N–H and O–H groups in total. The SMILES string of the molecule is CC(C)C[CH]NC(=O)[C@H](CCCNC(=N)N[N+](=O)[O-])NC(=O)CCCNC(=O)OCC1c2ccccc2-c2ccccc21. The minimum absolute atomic E-state index is 0.0464. The number of carbonyl (C=O) groups is 3. The van der Waals surface area contributed by atoms with Crippen LogP contribution in [0.15, 0.2) is 48.5 Å². The molecule has 3 amide bonds. The largest absolute Gasteiger partial charge is 0.449 e. The highest BCUT2D eigenvalue weighted by Gasteiger charge is 2.29. The zero-order chi connectivity index (χ0) is 31.2. The van der Waals surface area contributed by atoms with Crippen molar-refractivity contribution in [3.05, 3.63) is 76.3 Å². The summed E-state index contributed by atoms with van der Waals surface area (Å²) in [5.41, 5.74) is 6.22. The second-order valence-electron chi connectivity index (χ2n) is 10.6. The Morgan fingerprint density at radius 3 is 2.26 bits per heavy atom. The Bertz CT molecular complexity index is 1240. The number of nitrogens with one attached hydrogen (secondary N) is 6. The number of hydrazine groups is 1. The summed E-state index contributed by atoms with van der Waals surface area (Å²) in [4.78, 5) is 48.1. The third-order valence-corrected chi connectivity index (χ3v) is 6.85. The normalized spacial score (nSPS) is 12.4. The molecule has 0 fully saturated rings. The van der Waals surface area contributed by atoms with Crippen LogP contribution >= 0.6 is 0 Å². The van der Waals surface area contributed by atoms with Crippen molar-refractivity contribution in [1.82, 2.24) is 26.7 Å². The van der Waals surface area contributed by atoms with Crippen molar-refractivity contribution in [2.75, 3.05) is 19.7 Å². The highest BCUT2D eigenvalue weighted by Crippen LogP contribution is 2.44. The highest BCUT2D eigenvalue weighted by molar-refractivity contribution is 5.88. The molecule has 0 heterocycles. The van der Waals surface area contributed by atoms with Crippen molar-refractivity contribution in [3.63, 3.8) is 0 Å². The molecule has 43 heavy (non-hydrogen) atoms. The molecule has 0 saturated carbocycles. The van der Waals surface area contributed by atoms with Gasteiger partial charge in [-0.1, -0.05) is 67.8 Å². The van der Waals surface area contributed by atoms with Gasteiger partial charge in [0, 0.05) is 32.0 Å². The van der Waals surface area contributed by atoms with E-state index in [1.165, 1.54) is 0 Å². The number of fused-ring (bicyclic) bond motifs is 3. The van der Waals surface area contributed by atoms with E-state index in [0.29, 0.717) is 25.2 Å². The predicted octanol–water partition coefficient (Wildman–Crippen LogP) is 3.20. The van der Waals surface area contributed by atoms with Crippen LogP contribution in [-0.4, -0.2) is 54.6 Å². The molecule has 1 aliphatic carbocycles. The maximum absolute atomic E-state index is 12.7. The first-order chi connectivity index (χ1) is 20.7. The number of guanidine groups is 1. The van der Waals surface area contributed by atoms with Gasteiger partial charge in [0.05, 0.1) is 0 Å². The second-order valence-corrected chi connectivity index (χ2v) is 10.6. The molecule has 13 heteroatoms. The highest BCUT2D eigenvalue weighted by atomic mass is 16.7. The van der Waals surface area contributed by atoms with Crippen LogP contribution in [0.3, 0.4) is 0 Å². The fourth-order valence-corrected chi connectivity index (χ4v) is 4.77. The maximum Gasteiger partial charge on any atom is 0.407 e. The average Bonchev–Trinajstić information content (AvgIpc) is 3.28. The van der Waals surface area contributed by atoms with Crippen LogP contribution in [0.5, 0.6) is 0 Å². The van der Waals surface area contributed by atoms with Crippen LogP contribution in [-0.2, 0) is 14.3 Å². The van der Waals surface area contributed by atoms with Crippen molar-refractivity contribution in [2.45, 2.75) is 57.9 Å². The lowest BCUT2D eigenvalue weighted by Crippen LogP contribution is -2.47. The lowest BCUT2D eigenvalue weighted by atomic mass is 9.98. The Hall–Kier alpha value is -4.68. The van der Waals surface area contributed by atoms with E-state index >= 15 is 0 Å². The Morgan fingerprint density at radius 1 is 1.00 bits per heavy atom. The number of hydrogen-bond acceptors (Lipinski definition) is 7. The molecule has 0 saturated heterocycles. The van der Waals surface area contributed by atoms with E-state index in [2.05, 4.69) is 33.4 Å². The summed E-state index contributed by atoms with van der Waals surface area (Å²) in [6.07, 6.45) is 1.15. The summed E-state index contributed by atoms with van der Waals surface area (Å²) in [6.45, 7) is 6.29. The molecule has 1 atom stereocenters. The lowest BCUT2D eigenvalue weighted by Gasteiger charge is -2.19. The van der Waals surface area contributed by atoms with Crippen molar-refractivity contribution < 1.29 is 24.2 Å². The van der Waals surface area contributed by atoms with Crippen LogP contribution in [0.1, 0.15) is 63.0 Å². The van der Waals surface area contributed by atoms with Crippen molar-refractivity contribution in [1.29, 1.82) is 5.41 Å². The number of nitro groups is 1.